The van der Waals surface area contributed by atoms with Gasteiger partial charge in [-0.1, -0.05) is 30.3 Å². The summed E-state index contributed by atoms with van der Waals surface area (Å²) in [5.74, 6) is 0.583. The van der Waals surface area contributed by atoms with Crippen LogP contribution >= 0.6 is 0 Å². The van der Waals surface area contributed by atoms with E-state index in [1.165, 1.54) is 6.08 Å². The largest absolute Gasteiger partial charge is 0.497 e. The topological polar surface area (TPSA) is 73.9 Å². The molecule has 0 radical (unpaired) electrons. The van der Waals surface area contributed by atoms with Gasteiger partial charge in [0.1, 0.15) is 18.1 Å². The van der Waals surface area contributed by atoms with Gasteiger partial charge in [0.25, 0.3) is 5.91 Å². The molecule has 31 heavy (non-hydrogen) atoms. The highest BCUT2D eigenvalue weighted by Gasteiger charge is 2.07. The zero-order chi connectivity index (χ0) is 22.1. The number of amides is 1. The first kappa shape index (κ1) is 21.6. The number of methoxy groups -OCH3 is 2. The van der Waals surface area contributed by atoms with Crippen LogP contribution in [0.15, 0.2) is 78.9 Å². The Morgan fingerprint density at radius 2 is 1.65 bits per heavy atom. The van der Waals surface area contributed by atoms with Crippen LogP contribution in [-0.4, -0.2) is 26.1 Å². The quantitative estimate of drug-likeness (QED) is 0.424. The Morgan fingerprint density at radius 3 is 2.32 bits per heavy atom. The Balaban J connectivity index is 1.55. The van der Waals surface area contributed by atoms with E-state index in [9.17, 15) is 9.59 Å². The summed E-state index contributed by atoms with van der Waals surface area (Å²) in [6.45, 7) is 0.0962. The van der Waals surface area contributed by atoms with Crippen LogP contribution in [-0.2, 0) is 16.1 Å². The Hall–Kier alpha value is -4.06. The number of benzene rings is 3. The maximum atomic E-state index is 12.3. The minimum atomic E-state index is -0.490. The molecule has 0 aromatic heterocycles. The molecule has 0 bridgehead atoms. The van der Waals surface area contributed by atoms with Gasteiger partial charge in [-0.05, 0) is 54.1 Å². The second-order valence-corrected chi connectivity index (χ2v) is 6.57. The molecule has 1 amide bonds. The minimum absolute atomic E-state index is 0.0962. The SMILES string of the molecule is COc1ccc(OC)c(C=CC(=O)OCc2ccc(C(=O)Nc3ccccc3)cc2)c1. The highest BCUT2D eigenvalue weighted by molar-refractivity contribution is 6.04. The third-order valence-corrected chi connectivity index (χ3v) is 4.46. The smallest absolute Gasteiger partial charge is 0.331 e. The van der Waals surface area contributed by atoms with Gasteiger partial charge in [-0.2, -0.15) is 0 Å². The molecule has 0 unspecified atom stereocenters. The number of hydrogen-bond donors (Lipinski definition) is 1. The summed E-state index contributed by atoms with van der Waals surface area (Å²) in [4.78, 5) is 24.4. The number of carbonyl (C=O) groups is 2. The molecule has 0 aliphatic carbocycles. The summed E-state index contributed by atoms with van der Waals surface area (Å²) in [7, 11) is 3.13. The monoisotopic (exact) mass is 417 g/mol. The van der Waals surface area contributed by atoms with E-state index in [0.717, 1.165) is 11.3 Å². The number of nitrogens with one attached hydrogen (secondary N) is 1. The molecular weight excluding hydrogens is 394 g/mol. The van der Waals surface area contributed by atoms with Gasteiger partial charge in [-0.3, -0.25) is 4.79 Å². The molecule has 6 nitrogen and oxygen atoms in total. The fraction of sp³-hybridized carbons (Fsp3) is 0.120. The van der Waals surface area contributed by atoms with Gasteiger partial charge in [0, 0.05) is 22.9 Å². The molecule has 0 heterocycles. The lowest BCUT2D eigenvalue weighted by molar-refractivity contribution is -0.138. The first-order valence-electron chi connectivity index (χ1n) is 9.61. The highest BCUT2D eigenvalue weighted by atomic mass is 16.5. The van der Waals surface area contributed by atoms with Crippen LogP contribution in [0.2, 0.25) is 0 Å². The van der Waals surface area contributed by atoms with E-state index in [1.54, 1.807) is 62.8 Å². The summed E-state index contributed by atoms with van der Waals surface area (Å²) < 4.78 is 15.8. The lowest BCUT2D eigenvalue weighted by Crippen LogP contribution is -2.11. The third-order valence-electron chi connectivity index (χ3n) is 4.46. The number of para-hydroxylation sites is 1. The van der Waals surface area contributed by atoms with Crippen LogP contribution in [0.3, 0.4) is 0 Å². The van der Waals surface area contributed by atoms with Gasteiger partial charge in [0.15, 0.2) is 0 Å². The molecule has 0 aliphatic rings. The van der Waals surface area contributed by atoms with Gasteiger partial charge in [0.2, 0.25) is 0 Å². The molecule has 3 rings (SSSR count). The standard InChI is InChI=1S/C25H23NO5/c1-29-22-13-14-23(30-2)20(16-22)12-15-24(27)31-17-18-8-10-19(11-9-18)25(28)26-21-6-4-3-5-7-21/h3-16H,17H2,1-2H3,(H,26,28). The highest BCUT2D eigenvalue weighted by Crippen LogP contribution is 2.25. The van der Waals surface area contributed by atoms with Crippen LogP contribution in [0.5, 0.6) is 11.5 Å². The molecule has 0 saturated heterocycles. The molecule has 3 aromatic carbocycles. The number of rotatable bonds is 8. The van der Waals surface area contributed by atoms with Crippen molar-refractivity contribution in [2.45, 2.75) is 6.61 Å². The molecule has 1 N–H and O–H groups in total. The molecule has 0 atom stereocenters. The average Bonchev–Trinajstić information content (AvgIpc) is 2.82. The van der Waals surface area contributed by atoms with Crippen LogP contribution in [0.1, 0.15) is 21.5 Å². The maximum Gasteiger partial charge on any atom is 0.331 e. The van der Waals surface area contributed by atoms with E-state index in [2.05, 4.69) is 5.32 Å². The average molecular weight is 417 g/mol. The van der Waals surface area contributed by atoms with E-state index in [-0.39, 0.29) is 12.5 Å². The van der Waals surface area contributed by atoms with Crippen molar-refractivity contribution in [3.63, 3.8) is 0 Å². The molecule has 3 aromatic rings. The van der Waals surface area contributed by atoms with Crippen molar-refractivity contribution in [1.29, 1.82) is 0 Å². The molecule has 0 fully saturated rings. The number of ether oxygens (including phenoxy) is 3. The normalized spacial score (nSPS) is 10.5. The molecule has 0 aliphatic heterocycles. The Morgan fingerprint density at radius 1 is 0.903 bits per heavy atom. The van der Waals surface area contributed by atoms with Crippen molar-refractivity contribution < 1.29 is 23.8 Å². The summed E-state index contributed by atoms with van der Waals surface area (Å²) in [6, 6.07) is 21.4. The van der Waals surface area contributed by atoms with Crippen molar-refractivity contribution in [2.24, 2.45) is 0 Å². The minimum Gasteiger partial charge on any atom is -0.497 e. The van der Waals surface area contributed by atoms with Gasteiger partial charge in [0.05, 0.1) is 14.2 Å². The van der Waals surface area contributed by atoms with Crippen molar-refractivity contribution in [3.8, 4) is 11.5 Å². The Bertz CT molecular complexity index is 1060. The molecule has 158 valence electrons. The van der Waals surface area contributed by atoms with Crippen LogP contribution in [0.4, 0.5) is 5.69 Å². The summed E-state index contributed by atoms with van der Waals surface area (Å²) in [6.07, 6.45) is 2.94. The first-order chi connectivity index (χ1) is 15.1. The summed E-state index contributed by atoms with van der Waals surface area (Å²) >= 11 is 0. The van der Waals surface area contributed by atoms with E-state index in [4.69, 9.17) is 14.2 Å². The molecule has 0 spiro atoms. The van der Waals surface area contributed by atoms with Crippen molar-refractivity contribution in [1.82, 2.24) is 0 Å². The van der Waals surface area contributed by atoms with Crippen molar-refractivity contribution in [2.75, 3.05) is 19.5 Å². The van der Waals surface area contributed by atoms with Gasteiger partial charge in [-0.25, -0.2) is 4.79 Å². The Kier molecular flexibility index (Phi) is 7.43. The van der Waals surface area contributed by atoms with E-state index < -0.39 is 5.97 Å². The predicted molar refractivity (Wildman–Crippen MR) is 119 cm³/mol. The van der Waals surface area contributed by atoms with E-state index in [0.29, 0.717) is 22.6 Å². The zero-order valence-corrected chi connectivity index (χ0v) is 17.3. The molecule has 6 heteroatoms. The van der Waals surface area contributed by atoms with Crippen molar-refractivity contribution >= 4 is 23.6 Å². The predicted octanol–water partition coefficient (Wildman–Crippen LogP) is 4.71. The van der Waals surface area contributed by atoms with Gasteiger partial charge < -0.3 is 19.5 Å². The van der Waals surface area contributed by atoms with Gasteiger partial charge in [-0.15, -0.1) is 0 Å². The first-order valence-corrected chi connectivity index (χ1v) is 9.61. The fourth-order valence-corrected chi connectivity index (χ4v) is 2.81. The number of esters is 1. The van der Waals surface area contributed by atoms with Crippen LogP contribution in [0, 0.1) is 0 Å². The second-order valence-electron chi connectivity index (χ2n) is 6.57. The summed E-state index contributed by atoms with van der Waals surface area (Å²) in [5.41, 5.74) is 2.72. The number of carbonyl (C=O) groups excluding carboxylic acids is 2. The maximum absolute atomic E-state index is 12.3. The Labute approximate surface area is 181 Å². The lowest BCUT2D eigenvalue weighted by Gasteiger charge is -2.07. The third kappa shape index (κ3) is 6.21. The van der Waals surface area contributed by atoms with Gasteiger partial charge >= 0.3 is 5.97 Å². The van der Waals surface area contributed by atoms with E-state index in [1.807, 2.05) is 30.3 Å². The zero-order valence-electron chi connectivity index (χ0n) is 17.3. The lowest BCUT2D eigenvalue weighted by atomic mass is 10.1. The fourth-order valence-electron chi connectivity index (χ4n) is 2.81. The molecule has 0 saturated carbocycles. The summed E-state index contributed by atoms with van der Waals surface area (Å²) in [5, 5.41) is 2.83. The number of hydrogen-bond acceptors (Lipinski definition) is 5. The number of anilines is 1. The van der Waals surface area contributed by atoms with E-state index >= 15 is 0 Å². The van der Waals surface area contributed by atoms with Crippen LogP contribution < -0.4 is 14.8 Å². The van der Waals surface area contributed by atoms with Crippen molar-refractivity contribution in [3.05, 3.63) is 95.6 Å². The second kappa shape index (κ2) is 10.6. The molecular formula is C25H23NO5. The van der Waals surface area contributed by atoms with Crippen LogP contribution in [0.25, 0.3) is 6.08 Å².